The van der Waals surface area contributed by atoms with Crippen molar-refractivity contribution in [2.45, 2.75) is 25.9 Å². The first-order chi connectivity index (χ1) is 16.0. The molecular weight excluding hydrogens is 442 g/mol. The fraction of sp³-hybridized carbons (Fsp3) is 0.200. The van der Waals surface area contributed by atoms with Crippen molar-refractivity contribution < 1.29 is 23.5 Å². The van der Waals surface area contributed by atoms with Gasteiger partial charge in [-0.05, 0) is 28.3 Å². The molecule has 1 N–H and O–H groups in total. The number of hydrogen-bond acceptors (Lipinski definition) is 7. The van der Waals surface area contributed by atoms with Gasteiger partial charge in [0.2, 0.25) is 5.91 Å². The van der Waals surface area contributed by atoms with Crippen LogP contribution in [0.5, 0.6) is 0 Å². The van der Waals surface area contributed by atoms with E-state index < -0.39 is 11.6 Å². The minimum Gasteiger partial charge on any atom is -0.461 e. The maximum atomic E-state index is 12.2. The van der Waals surface area contributed by atoms with Crippen LogP contribution in [-0.2, 0) is 20.9 Å². The van der Waals surface area contributed by atoms with Crippen LogP contribution < -0.4 is 10.9 Å². The molecule has 0 saturated heterocycles. The lowest BCUT2D eigenvalue weighted by atomic mass is 10.0. The number of hydrogen-bond donors (Lipinski definition) is 1. The van der Waals surface area contributed by atoms with Crippen LogP contribution in [0.1, 0.15) is 34.5 Å². The van der Waals surface area contributed by atoms with Crippen LogP contribution in [0.2, 0.25) is 0 Å². The summed E-state index contributed by atoms with van der Waals surface area (Å²) >= 11 is 1.34. The fourth-order valence-corrected chi connectivity index (χ4v) is 4.24. The Labute approximate surface area is 193 Å². The van der Waals surface area contributed by atoms with Crippen LogP contribution in [0, 0.1) is 0 Å². The summed E-state index contributed by atoms with van der Waals surface area (Å²) in [4.78, 5) is 48.6. The Morgan fingerprint density at radius 3 is 2.64 bits per heavy atom. The summed E-state index contributed by atoms with van der Waals surface area (Å²) in [5.41, 5.74) is 0.465. The molecule has 1 amide bonds. The summed E-state index contributed by atoms with van der Waals surface area (Å²) in [5, 5.41) is 7.04. The van der Waals surface area contributed by atoms with Gasteiger partial charge >= 0.3 is 11.6 Å². The quantitative estimate of drug-likeness (QED) is 0.173. The van der Waals surface area contributed by atoms with Crippen LogP contribution in [0.3, 0.4) is 0 Å². The zero-order chi connectivity index (χ0) is 23.2. The Balaban J connectivity index is 1.30. The van der Waals surface area contributed by atoms with Gasteiger partial charge in [0.1, 0.15) is 12.2 Å². The number of rotatable bonds is 9. The molecule has 0 aliphatic carbocycles. The zero-order valence-electron chi connectivity index (χ0n) is 17.7. The third kappa shape index (κ3) is 5.53. The van der Waals surface area contributed by atoms with Crippen molar-refractivity contribution >= 4 is 50.7 Å². The van der Waals surface area contributed by atoms with Crippen LogP contribution in [-0.4, -0.2) is 24.2 Å². The van der Waals surface area contributed by atoms with Gasteiger partial charge in [-0.25, -0.2) is 4.79 Å². The Kier molecular flexibility index (Phi) is 6.95. The van der Waals surface area contributed by atoms with Gasteiger partial charge in [-0.15, -0.1) is 11.3 Å². The highest BCUT2D eigenvalue weighted by molar-refractivity contribution is 7.12. The number of thiophene rings is 1. The second kappa shape index (κ2) is 10.2. The lowest BCUT2D eigenvalue weighted by Crippen LogP contribution is -2.26. The number of carbonyl (C=O) groups excluding carboxylic acids is 3. The van der Waals surface area contributed by atoms with E-state index in [-0.39, 0.29) is 44.1 Å². The standard InChI is InChI=1S/C25H21NO6S/c27-19(21-6-3-13-33-21)8-10-22(28)26-12-11-23(29)31-15-17-14-24(30)32-20-9-7-16-4-1-2-5-18(16)25(17)20/h1-7,9,13-14H,8,10-12,15H2,(H,26,28). The third-order valence-electron chi connectivity index (χ3n) is 5.13. The lowest BCUT2D eigenvalue weighted by molar-refractivity contribution is -0.144. The first-order valence-electron chi connectivity index (χ1n) is 10.4. The van der Waals surface area contributed by atoms with Gasteiger partial charge in [0, 0.05) is 36.4 Å². The molecule has 0 radical (unpaired) electrons. The molecule has 8 heteroatoms. The summed E-state index contributed by atoms with van der Waals surface area (Å²) in [6.07, 6.45) is 0.157. The molecular formula is C25H21NO6S. The molecule has 0 fully saturated rings. The van der Waals surface area contributed by atoms with Gasteiger partial charge in [0.05, 0.1) is 11.3 Å². The fourth-order valence-electron chi connectivity index (χ4n) is 3.54. The SMILES string of the molecule is O=C(CCC(=O)c1cccs1)NCCC(=O)OCc1cc(=O)oc2ccc3ccccc3c12. The number of fused-ring (bicyclic) bond motifs is 3. The van der Waals surface area contributed by atoms with Crippen molar-refractivity contribution in [3.05, 3.63) is 80.8 Å². The molecule has 0 bridgehead atoms. The van der Waals surface area contributed by atoms with Gasteiger partial charge < -0.3 is 14.5 Å². The summed E-state index contributed by atoms with van der Waals surface area (Å²) in [7, 11) is 0. The molecule has 7 nitrogen and oxygen atoms in total. The molecule has 33 heavy (non-hydrogen) atoms. The van der Waals surface area contributed by atoms with Crippen molar-refractivity contribution in [3.63, 3.8) is 0 Å². The predicted molar refractivity (Wildman–Crippen MR) is 125 cm³/mol. The Hall–Kier alpha value is -3.78. The molecule has 2 aromatic carbocycles. The molecule has 2 heterocycles. The van der Waals surface area contributed by atoms with Crippen molar-refractivity contribution in [1.82, 2.24) is 5.32 Å². The highest BCUT2D eigenvalue weighted by Gasteiger charge is 2.13. The van der Waals surface area contributed by atoms with Gasteiger partial charge in [-0.1, -0.05) is 36.4 Å². The van der Waals surface area contributed by atoms with E-state index in [9.17, 15) is 19.2 Å². The molecule has 4 aromatic rings. The Morgan fingerprint density at radius 1 is 0.970 bits per heavy atom. The van der Waals surface area contributed by atoms with Crippen molar-refractivity contribution in [3.8, 4) is 0 Å². The predicted octanol–water partition coefficient (Wildman–Crippen LogP) is 4.22. The van der Waals surface area contributed by atoms with E-state index in [1.54, 1.807) is 18.2 Å². The number of carbonyl (C=O) groups is 3. The number of ketones is 1. The maximum absolute atomic E-state index is 12.2. The smallest absolute Gasteiger partial charge is 0.336 e. The van der Waals surface area contributed by atoms with Gasteiger partial charge in [0.25, 0.3) is 0 Å². The molecule has 0 unspecified atom stereocenters. The van der Waals surface area contributed by atoms with E-state index in [0.717, 1.165) is 16.2 Å². The number of ether oxygens (including phenoxy) is 1. The number of esters is 1. The largest absolute Gasteiger partial charge is 0.461 e. The average molecular weight is 464 g/mol. The molecule has 4 rings (SSSR count). The van der Waals surface area contributed by atoms with E-state index in [0.29, 0.717) is 16.0 Å². The number of nitrogens with one attached hydrogen (secondary N) is 1. The van der Waals surface area contributed by atoms with Crippen LogP contribution in [0.4, 0.5) is 0 Å². The van der Waals surface area contributed by atoms with Crippen LogP contribution in [0.25, 0.3) is 21.7 Å². The Morgan fingerprint density at radius 2 is 1.82 bits per heavy atom. The highest BCUT2D eigenvalue weighted by atomic mass is 32.1. The highest BCUT2D eigenvalue weighted by Crippen LogP contribution is 2.27. The number of benzene rings is 2. The summed E-state index contributed by atoms with van der Waals surface area (Å²) in [6, 6.07) is 16.1. The first kappa shape index (κ1) is 22.4. The second-order valence-electron chi connectivity index (χ2n) is 7.41. The minimum absolute atomic E-state index is 0.0231. The molecule has 0 aliphatic heterocycles. The lowest BCUT2D eigenvalue weighted by Gasteiger charge is -2.10. The van der Waals surface area contributed by atoms with E-state index in [4.69, 9.17) is 9.15 Å². The van der Waals surface area contributed by atoms with E-state index in [2.05, 4.69) is 5.32 Å². The maximum Gasteiger partial charge on any atom is 0.336 e. The van der Waals surface area contributed by atoms with E-state index in [1.165, 1.54) is 17.4 Å². The van der Waals surface area contributed by atoms with Crippen LogP contribution in [0.15, 0.2) is 69.2 Å². The summed E-state index contributed by atoms with van der Waals surface area (Å²) in [5.74, 6) is -0.885. The van der Waals surface area contributed by atoms with Gasteiger partial charge in [-0.2, -0.15) is 0 Å². The monoisotopic (exact) mass is 463 g/mol. The van der Waals surface area contributed by atoms with Crippen molar-refractivity contribution in [2.24, 2.45) is 0 Å². The molecule has 0 spiro atoms. The summed E-state index contributed by atoms with van der Waals surface area (Å²) in [6.45, 7) is 0.0175. The molecule has 2 aromatic heterocycles. The summed E-state index contributed by atoms with van der Waals surface area (Å²) < 4.78 is 10.7. The second-order valence-corrected chi connectivity index (χ2v) is 8.36. The first-order valence-corrected chi connectivity index (χ1v) is 11.3. The topological polar surface area (TPSA) is 103 Å². The zero-order valence-corrected chi connectivity index (χ0v) is 18.5. The van der Waals surface area contributed by atoms with Gasteiger partial charge in [-0.3, -0.25) is 14.4 Å². The van der Waals surface area contributed by atoms with Gasteiger partial charge in [0.15, 0.2) is 5.78 Å². The number of amides is 1. The van der Waals surface area contributed by atoms with E-state index in [1.807, 2.05) is 35.7 Å². The Bertz CT molecular complexity index is 1370. The van der Waals surface area contributed by atoms with E-state index >= 15 is 0 Å². The van der Waals surface area contributed by atoms with Crippen molar-refractivity contribution in [1.29, 1.82) is 0 Å². The van der Waals surface area contributed by atoms with Crippen LogP contribution >= 0.6 is 11.3 Å². The minimum atomic E-state index is -0.520. The third-order valence-corrected chi connectivity index (χ3v) is 6.04. The normalized spacial score (nSPS) is 10.9. The molecule has 0 aliphatic rings. The molecule has 168 valence electrons. The number of Topliss-reactive ketones (excluding diaryl/α,β-unsaturated/α-hetero) is 1. The van der Waals surface area contributed by atoms with Crippen molar-refractivity contribution in [2.75, 3.05) is 6.54 Å². The molecule has 0 saturated carbocycles. The average Bonchev–Trinajstić information content (AvgIpc) is 3.36. The molecule has 0 atom stereocenters.